The minimum absolute atomic E-state index is 0.0212. The number of aliphatic hydroxyl groups is 1. The zero-order chi connectivity index (χ0) is 21.8. The zero-order valence-corrected chi connectivity index (χ0v) is 17.6. The topological polar surface area (TPSA) is 115 Å². The van der Waals surface area contributed by atoms with Crippen LogP contribution in [0.5, 0.6) is 11.5 Å². The van der Waals surface area contributed by atoms with Crippen LogP contribution in [0.15, 0.2) is 33.9 Å². The number of aliphatic hydroxyl groups excluding tert-OH is 1. The highest BCUT2D eigenvalue weighted by Gasteiger charge is 2.22. The van der Waals surface area contributed by atoms with E-state index in [0.717, 1.165) is 0 Å². The molecule has 0 unspecified atom stereocenters. The molecule has 0 fully saturated rings. The Morgan fingerprint density at radius 2 is 1.80 bits per heavy atom. The van der Waals surface area contributed by atoms with E-state index in [-0.39, 0.29) is 24.3 Å². The zero-order valence-electron chi connectivity index (χ0n) is 17.6. The fourth-order valence-electron chi connectivity index (χ4n) is 3.27. The van der Waals surface area contributed by atoms with Gasteiger partial charge in [-0.25, -0.2) is 4.79 Å². The summed E-state index contributed by atoms with van der Waals surface area (Å²) < 4.78 is 13.7. The summed E-state index contributed by atoms with van der Waals surface area (Å²) >= 11 is 0. The van der Waals surface area contributed by atoms with Crippen molar-refractivity contribution in [2.24, 2.45) is 7.05 Å². The molecule has 0 bridgehead atoms. The number of fused-ring (bicyclic) bond motifs is 1. The normalized spacial score (nSPS) is 12.2. The monoisotopic (exact) mass is 417 g/mol. The summed E-state index contributed by atoms with van der Waals surface area (Å²) in [6.45, 7) is 5.36. The van der Waals surface area contributed by atoms with Crippen molar-refractivity contribution in [2.75, 3.05) is 31.7 Å². The van der Waals surface area contributed by atoms with E-state index >= 15 is 0 Å². The number of hydrogen-bond acceptors (Lipinski definition) is 7. The van der Waals surface area contributed by atoms with E-state index in [4.69, 9.17) is 9.47 Å². The summed E-state index contributed by atoms with van der Waals surface area (Å²) in [6.07, 6.45) is -0.907. The number of ether oxygens (including phenoxy) is 2. The maximum Gasteiger partial charge on any atom is 0.329 e. The van der Waals surface area contributed by atoms with Gasteiger partial charge >= 0.3 is 5.69 Å². The predicted octanol–water partition coefficient (Wildman–Crippen LogP) is 0.718. The lowest BCUT2D eigenvalue weighted by Crippen LogP contribution is -2.32. The van der Waals surface area contributed by atoms with Crippen LogP contribution in [0.3, 0.4) is 0 Å². The Morgan fingerprint density at radius 1 is 1.17 bits per heavy atom. The fourth-order valence-corrected chi connectivity index (χ4v) is 3.27. The number of nitrogens with one attached hydrogen (secondary N) is 1. The molecule has 0 aliphatic rings. The van der Waals surface area contributed by atoms with Crippen LogP contribution < -0.4 is 25.6 Å². The lowest BCUT2D eigenvalue weighted by Gasteiger charge is -2.22. The molecule has 0 saturated carbocycles. The Kier molecular flexibility index (Phi) is 6.46. The van der Waals surface area contributed by atoms with Gasteiger partial charge in [0.15, 0.2) is 11.2 Å². The van der Waals surface area contributed by atoms with E-state index in [1.165, 1.54) is 4.57 Å². The summed E-state index contributed by atoms with van der Waals surface area (Å²) in [5, 5.41) is 10.6. The molecular formula is C20H27N5O5. The minimum atomic E-state index is -0.907. The molecule has 162 valence electrons. The molecule has 3 aromatic rings. The van der Waals surface area contributed by atoms with Crippen molar-refractivity contribution in [3.8, 4) is 11.5 Å². The highest BCUT2D eigenvalue weighted by Crippen LogP contribution is 2.21. The van der Waals surface area contributed by atoms with E-state index in [0.29, 0.717) is 30.5 Å². The van der Waals surface area contributed by atoms with Gasteiger partial charge in [-0.15, -0.1) is 0 Å². The van der Waals surface area contributed by atoms with E-state index in [2.05, 4.69) is 9.97 Å². The maximum atomic E-state index is 12.5. The van der Waals surface area contributed by atoms with Gasteiger partial charge in [0, 0.05) is 20.1 Å². The number of nitrogens with zero attached hydrogens (tertiary/aromatic N) is 4. The molecular weight excluding hydrogens is 390 g/mol. The maximum absolute atomic E-state index is 12.5. The third kappa shape index (κ3) is 4.18. The van der Waals surface area contributed by atoms with Crippen LogP contribution in [0.4, 0.5) is 5.95 Å². The number of aromatic amines is 1. The number of anilines is 1. The number of benzene rings is 1. The van der Waals surface area contributed by atoms with Gasteiger partial charge < -0.3 is 24.0 Å². The molecule has 0 radical (unpaired) electrons. The van der Waals surface area contributed by atoms with Crippen molar-refractivity contribution in [1.82, 2.24) is 19.1 Å². The second kappa shape index (κ2) is 9.04. The van der Waals surface area contributed by atoms with Crippen LogP contribution in [0.1, 0.15) is 13.8 Å². The minimum Gasteiger partial charge on any atom is -0.497 e. The lowest BCUT2D eigenvalue weighted by atomic mass is 10.3. The summed E-state index contributed by atoms with van der Waals surface area (Å²) in [4.78, 5) is 33.3. The summed E-state index contributed by atoms with van der Waals surface area (Å²) in [6, 6.07) is 7.03. The van der Waals surface area contributed by atoms with Crippen molar-refractivity contribution in [1.29, 1.82) is 0 Å². The van der Waals surface area contributed by atoms with Crippen LogP contribution in [0.2, 0.25) is 0 Å². The Balaban J connectivity index is 1.91. The van der Waals surface area contributed by atoms with Crippen LogP contribution in [0.25, 0.3) is 11.2 Å². The van der Waals surface area contributed by atoms with Crippen LogP contribution in [-0.4, -0.2) is 57.1 Å². The van der Waals surface area contributed by atoms with E-state index in [9.17, 15) is 14.7 Å². The SMILES string of the molecule is CCN(CC)c1nc2c(c(=O)[nH]c(=O)n2C)n1C[C@@H](O)COc1ccc(OC)cc1. The standard InChI is InChI=1S/C20H27N5O5/c1-5-24(6-2)19-21-17-16(18(27)22-20(28)23(17)3)25(19)11-13(26)12-30-15-9-7-14(29-4)8-10-15/h7-10,13,26H,5-6,11-12H2,1-4H3,(H,22,27,28)/t13-/m1/s1. The quantitative estimate of drug-likeness (QED) is 0.527. The summed E-state index contributed by atoms with van der Waals surface area (Å²) in [7, 11) is 3.13. The van der Waals surface area contributed by atoms with E-state index in [1.54, 1.807) is 43.0 Å². The smallest absolute Gasteiger partial charge is 0.329 e. The number of H-pyrrole nitrogens is 1. The summed E-state index contributed by atoms with van der Waals surface area (Å²) in [5.41, 5.74) is -0.565. The average molecular weight is 417 g/mol. The molecule has 0 amide bonds. The average Bonchev–Trinajstić information content (AvgIpc) is 3.11. The molecule has 0 spiro atoms. The lowest BCUT2D eigenvalue weighted by molar-refractivity contribution is 0.0936. The third-order valence-corrected chi connectivity index (χ3v) is 4.93. The van der Waals surface area contributed by atoms with E-state index < -0.39 is 17.4 Å². The molecule has 10 nitrogen and oxygen atoms in total. The first kappa shape index (κ1) is 21.4. The Hall–Kier alpha value is -3.27. The third-order valence-electron chi connectivity index (χ3n) is 4.93. The predicted molar refractivity (Wildman–Crippen MR) is 114 cm³/mol. The molecule has 2 aromatic heterocycles. The van der Waals surface area contributed by atoms with Gasteiger partial charge in [0.05, 0.1) is 13.7 Å². The van der Waals surface area contributed by atoms with Gasteiger partial charge in [0.1, 0.15) is 24.2 Å². The Bertz CT molecular complexity index is 1110. The molecule has 2 N–H and O–H groups in total. The summed E-state index contributed by atoms with van der Waals surface area (Å²) in [5.74, 6) is 1.82. The number of aromatic nitrogens is 4. The van der Waals surface area contributed by atoms with Gasteiger partial charge in [-0.1, -0.05) is 0 Å². The van der Waals surface area contributed by atoms with Gasteiger partial charge in [0.2, 0.25) is 5.95 Å². The molecule has 1 aromatic carbocycles. The van der Waals surface area contributed by atoms with Crippen LogP contribution in [0, 0.1) is 0 Å². The number of methoxy groups -OCH3 is 1. The molecule has 30 heavy (non-hydrogen) atoms. The van der Waals surface area contributed by atoms with E-state index in [1.807, 2.05) is 18.7 Å². The van der Waals surface area contributed by atoms with Gasteiger partial charge in [-0.2, -0.15) is 4.98 Å². The number of aryl methyl sites for hydroxylation is 1. The van der Waals surface area contributed by atoms with Crippen molar-refractivity contribution < 1.29 is 14.6 Å². The largest absolute Gasteiger partial charge is 0.497 e. The first-order chi connectivity index (χ1) is 14.4. The molecule has 3 rings (SSSR count). The van der Waals surface area contributed by atoms with Crippen LogP contribution >= 0.6 is 0 Å². The molecule has 1 atom stereocenters. The second-order valence-corrected chi connectivity index (χ2v) is 6.83. The highest BCUT2D eigenvalue weighted by molar-refractivity contribution is 5.74. The van der Waals surface area contributed by atoms with Crippen molar-refractivity contribution in [3.05, 3.63) is 45.1 Å². The Morgan fingerprint density at radius 3 is 2.40 bits per heavy atom. The highest BCUT2D eigenvalue weighted by atomic mass is 16.5. The van der Waals surface area contributed by atoms with Gasteiger partial charge in [0.25, 0.3) is 5.56 Å². The number of rotatable bonds is 9. The van der Waals surface area contributed by atoms with Crippen molar-refractivity contribution >= 4 is 17.1 Å². The van der Waals surface area contributed by atoms with Crippen LogP contribution in [-0.2, 0) is 13.6 Å². The number of imidazole rings is 1. The first-order valence-corrected chi connectivity index (χ1v) is 9.78. The first-order valence-electron chi connectivity index (χ1n) is 9.78. The second-order valence-electron chi connectivity index (χ2n) is 6.83. The fraction of sp³-hybridized carbons (Fsp3) is 0.450. The van der Waals surface area contributed by atoms with Gasteiger partial charge in [-0.3, -0.25) is 14.3 Å². The molecule has 0 aliphatic carbocycles. The molecule has 0 saturated heterocycles. The van der Waals surface area contributed by atoms with Crippen molar-refractivity contribution in [3.63, 3.8) is 0 Å². The van der Waals surface area contributed by atoms with Crippen molar-refractivity contribution in [2.45, 2.75) is 26.5 Å². The number of hydrogen-bond donors (Lipinski definition) is 2. The molecule has 2 heterocycles. The molecule has 0 aliphatic heterocycles. The molecule has 10 heteroatoms. The Labute approximate surface area is 173 Å². The van der Waals surface area contributed by atoms with Gasteiger partial charge in [-0.05, 0) is 38.1 Å².